The molecule has 0 fully saturated rings. The number of benzene rings is 1. The molecule has 0 saturated carbocycles. The molecule has 1 aromatic carbocycles. The predicted molar refractivity (Wildman–Crippen MR) is 79.5 cm³/mol. The maximum absolute atomic E-state index is 5.68. The molecule has 2 rings (SSSR count). The van der Waals surface area contributed by atoms with Gasteiger partial charge in [-0.25, -0.2) is 0 Å². The number of nitrogens with one attached hydrogen (secondary N) is 1. The van der Waals surface area contributed by atoms with Crippen molar-refractivity contribution in [2.75, 3.05) is 33.5 Å². The zero-order chi connectivity index (χ0) is 14.4. The van der Waals surface area contributed by atoms with Crippen LogP contribution in [0.25, 0.3) is 0 Å². The van der Waals surface area contributed by atoms with Crippen LogP contribution in [0, 0.1) is 5.92 Å². The fraction of sp³-hybridized carbons (Fsp3) is 0.625. The summed E-state index contributed by atoms with van der Waals surface area (Å²) in [6.07, 6.45) is 1.03. The summed E-state index contributed by atoms with van der Waals surface area (Å²) in [4.78, 5) is 0. The summed E-state index contributed by atoms with van der Waals surface area (Å²) in [5.41, 5.74) is 1.25. The molecule has 1 N–H and O–H groups in total. The Morgan fingerprint density at radius 3 is 2.70 bits per heavy atom. The molecule has 1 heterocycles. The second-order valence-electron chi connectivity index (χ2n) is 5.20. The molecule has 2 atom stereocenters. The number of hydrogen-bond acceptors (Lipinski definition) is 4. The molecule has 20 heavy (non-hydrogen) atoms. The number of hydrogen-bond donors (Lipinski definition) is 1. The number of methoxy groups -OCH3 is 1. The quantitative estimate of drug-likeness (QED) is 0.833. The van der Waals surface area contributed by atoms with Crippen LogP contribution in [0.2, 0.25) is 0 Å². The molecule has 2 unspecified atom stereocenters. The number of fused-ring (bicyclic) bond motifs is 1. The SMILES string of the molecule is CCNC(c1ccc2c(c1)OCCO2)C(C)CCOC. The van der Waals surface area contributed by atoms with E-state index in [1.165, 1.54) is 5.56 Å². The van der Waals surface area contributed by atoms with Crippen molar-refractivity contribution in [3.05, 3.63) is 23.8 Å². The van der Waals surface area contributed by atoms with Gasteiger partial charge in [0.1, 0.15) is 13.2 Å². The van der Waals surface area contributed by atoms with Crippen LogP contribution in [0.5, 0.6) is 11.5 Å². The van der Waals surface area contributed by atoms with Crippen LogP contribution in [-0.2, 0) is 4.74 Å². The Hall–Kier alpha value is -1.26. The molecule has 0 aromatic heterocycles. The van der Waals surface area contributed by atoms with Gasteiger partial charge in [-0.05, 0) is 36.6 Å². The van der Waals surface area contributed by atoms with Crippen molar-refractivity contribution in [2.45, 2.75) is 26.3 Å². The van der Waals surface area contributed by atoms with Crippen LogP contribution in [0.1, 0.15) is 31.9 Å². The van der Waals surface area contributed by atoms with Gasteiger partial charge < -0.3 is 19.5 Å². The van der Waals surface area contributed by atoms with E-state index in [2.05, 4.69) is 31.3 Å². The second kappa shape index (κ2) is 7.50. The highest BCUT2D eigenvalue weighted by Gasteiger charge is 2.21. The van der Waals surface area contributed by atoms with E-state index < -0.39 is 0 Å². The highest BCUT2D eigenvalue weighted by molar-refractivity contribution is 5.44. The van der Waals surface area contributed by atoms with E-state index in [9.17, 15) is 0 Å². The summed E-state index contributed by atoms with van der Waals surface area (Å²) in [5, 5.41) is 3.56. The Kier molecular flexibility index (Phi) is 5.68. The van der Waals surface area contributed by atoms with Crippen molar-refractivity contribution in [2.24, 2.45) is 5.92 Å². The lowest BCUT2D eigenvalue weighted by molar-refractivity contribution is 0.167. The first-order valence-corrected chi connectivity index (χ1v) is 7.38. The Bertz CT molecular complexity index is 422. The van der Waals surface area contributed by atoms with E-state index >= 15 is 0 Å². The molecular weight excluding hydrogens is 254 g/mol. The van der Waals surface area contributed by atoms with E-state index in [1.807, 2.05) is 6.07 Å². The van der Waals surface area contributed by atoms with Crippen molar-refractivity contribution in [1.29, 1.82) is 0 Å². The van der Waals surface area contributed by atoms with Gasteiger partial charge in [0.05, 0.1) is 0 Å². The molecule has 1 aliphatic rings. The van der Waals surface area contributed by atoms with E-state index in [4.69, 9.17) is 14.2 Å². The van der Waals surface area contributed by atoms with Gasteiger partial charge in [0.15, 0.2) is 11.5 Å². The lowest BCUT2D eigenvalue weighted by Crippen LogP contribution is -2.28. The number of ether oxygens (including phenoxy) is 3. The molecule has 0 saturated heterocycles. The van der Waals surface area contributed by atoms with Gasteiger partial charge in [-0.2, -0.15) is 0 Å². The minimum Gasteiger partial charge on any atom is -0.486 e. The van der Waals surface area contributed by atoms with Crippen LogP contribution in [0.3, 0.4) is 0 Å². The van der Waals surface area contributed by atoms with Gasteiger partial charge in [0.25, 0.3) is 0 Å². The van der Waals surface area contributed by atoms with Gasteiger partial charge in [-0.1, -0.05) is 19.9 Å². The van der Waals surface area contributed by atoms with Gasteiger partial charge in [-0.3, -0.25) is 0 Å². The topological polar surface area (TPSA) is 39.7 Å². The average molecular weight is 279 g/mol. The minimum absolute atomic E-state index is 0.311. The van der Waals surface area contributed by atoms with Crippen LogP contribution in [-0.4, -0.2) is 33.5 Å². The van der Waals surface area contributed by atoms with Crippen molar-refractivity contribution < 1.29 is 14.2 Å². The van der Waals surface area contributed by atoms with Gasteiger partial charge in [0, 0.05) is 19.8 Å². The first-order valence-electron chi connectivity index (χ1n) is 7.38. The third-order valence-corrected chi connectivity index (χ3v) is 3.70. The van der Waals surface area contributed by atoms with Crippen molar-refractivity contribution in [3.63, 3.8) is 0 Å². The molecule has 4 nitrogen and oxygen atoms in total. The Morgan fingerprint density at radius 2 is 2.00 bits per heavy atom. The predicted octanol–water partition coefficient (Wildman–Crippen LogP) is 2.78. The largest absolute Gasteiger partial charge is 0.486 e. The monoisotopic (exact) mass is 279 g/mol. The summed E-state index contributed by atoms with van der Waals surface area (Å²) in [6, 6.07) is 6.55. The standard InChI is InChI=1S/C16H25NO3/c1-4-17-16(12(2)7-8-18-3)13-5-6-14-15(11-13)20-10-9-19-14/h5-6,11-12,16-17H,4,7-10H2,1-3H3. The molecule has 1 aromatic rings. The molecule has 0 amide bonds. The smallest absolute Gasteiger partial charge is 0.161 e. The molecule has 0 spiro atoms. The molecular formula is C16H25NO3. The fourth-order valence-electron chi connectivity index (χ4n) is 2.59. The zero-order valence-corrected chi connectivity index (χ0v) is 12.6. The molecule has 0 bridgehead atoms. The van der Waals surface area contributed by atoms with E-state index in [0.717, 1.165) is 31.1 Å². The van der Waals surface area contributed by atoms with Gasteiger partial charge >= 0.3 is 0 Å². The summed E-state index contributed by atoms with van der Waals surface area (Å²) in [5.74, 6) is 2.20. The van der Waals surface area contributed by atoms with Gasteiger partial charge in [-0.15, -0.1) is 0 Å². The normalized spacial score (nSPS) is 16.8. The second-order valence-corrected chi connectivity index (χ2v) is 5.20. The van der Waals surface area contributed by atoms with E-state index in [0.29, 0.717) is 25.2 Å². The highest BCUT2D eigenvalue weighted by Crippen LogP contribution is 2.35. The first-order chi connectivity index (χ1) is 9.76. The molecule has 0 radical (unpaired) electrons. The van der Waals surface area contributed by atoms with Crippen LogP contribution >= 0.6 is 0 Å². The zero-order valence-electron chi connectivity index (χ0n) is 12.6. The third kappa shape index (κ3) is 3.64. The van der Waals surface area contributed by atoms with Crippen molar-refractivity contribution >= 4 is 0 Å². The van der Waals surface area contributed by atoms with E-state index in [-0.39, 0.29) is 0 Å². The first kappa shape index (κ1) is 15.1. The van der Waals surface area contributed by atoms with Crippen LogP contribution in [0.15, 0.2) is 18.2 Å². The Morgan fingerprint density at radius 1 is 1.25 bits per heavy atom. The molecule has 112 valence electrons. The molecule has 1 aliphatic heterocycles. The molecule has 0 aliphatic carbocycles. The Balaban J connectivity index is 2.15. The molecule has 4 heteroatoms. The summed E-state index contributed by atoms with van der Waals surface area (Å²) in [7, 11) is 1.75. The minimum atomic E-state index is 0.311. The average Bonchev–Trinajstić information content (AvgIpc) is 2.49. The van der Waals surface area contributed by atoms with Crippen molar-refractivity contribution in [3.8, 4) is 11.5 Å². The van der Waals surface area contributed by atoms with Crippen molar-refractivity contribution in [1.82, 2.24) is 5.32 Å². The maximum Gasteiger partial charge on any atom is 0.161 e. The highest BCUT2D eigenvalue weighted by atomic mass is 16.6. The van der Waals surface area contributed by atoms with Gasteiger partial charge in [0.2, 0.25) is 0 Å². The summed E-state index contributed by atoms with van der Waals surface area (Å²) in [6.45, 7) is 7.37. The lowest BCUT2D eigenvalue weighted by Gasteiger charge is -2.27. The third-order valence-electron chi connectivity index (χ3n) is 3.70. The lowest BCUT2D eigenvalue weighted by atomic mass is 9.91. The summed E-state index contributed by atoms with van der Waals surface area (Å²) >= 11 is 0. The Labute approximate surface area is 121 Å². The maximum atomic E-state index is 5.68. The van der Waals surface area contributed by atoms with Crippen LogP contribution < -0.4 is 14.8 Å². The fourth-order valence-corrected chi connectivity index (χ4v) is 2.59. The number of rotatable bonds is 7. The van der Waals surface area contributed by atoms with Crippen LogP contribution in [0.4, 0.5) is 0 Å². The van der Waals surface area contributed by atoms with E-state index in [1.54, 1.807) is 7.11 Å². The summed E-state index contributed by atoms with van der Waals surface area (Å²) < 4.78 is 16.4.